The third kappa shape index (κ3) is 1.22. The second kappa shape index (κ2) is 3.10. The summed E-state index contributed by atoms with van der Waals surface area (Å²) in [7, 11) is 0. The number of tetrazole rings is 1. The molecule has 0 aliphatic carbocycles. The number of nitrogens with two attached hydrogens (primary N) is 1. The van der Waals surface area contributed by atoms with Gasteiger partial charge >= 0.3 is 0 Å². The summed E-state index contributed by atoms with van der Waals surface area (Å²) in [6.07, 6.45) is 0. The van der Waals surface area contributed by atoms with Gasteiger partial charge in [-0.3, -0.25) is 0 Å². The molecule has 1 aromatic carbocycles. The first-order valence-corrected chi connectivity index (χ1v) is 4.30. The zero-order valence-electron chi connectivity index (χ0n) is 8.10. The lowest BCUT2D eigenvalue weighted by molar-refractivity contribution is 0.776. The van der Waals surface area contributed by atoms with E-state index in [0.29, 0.717) is 0 Å². The summed E-state index contributed by atoms with van der Waals surface area (Å²) in [6, 6.07) is 5.69. The third-order valence-electron chi connectivity index (χ3n) is 2.20. The molecule has 0 amide bonds. The summed E-state index contributed by atoms with van der Waals surface area (Å²) in [4.78, 5) is 0. The minimum atomic E-state index is 0.748. The predicted molar refractivity (Wildman–Crippen MR) is 53.0 cm³/mol. The van der Waals surface area contributed by atoms with E-state index in [4.69, 9.17) is 5.73 Å². The Labute approximate surface area is 81.5 Å². The minimum absolute atomic E-state index is 0.748. The lowest BCUT2D eigenvalue weighted by atomic mass is 10.1. The van der Waals surface area contributed by atoms with Crippen LogP contribution in [0, 0.1) is 13.8 Å². The quantitative estimate of drug-likeness (QED) is 0.675. The van der Waals surface area contributed by atoms with Crippen molar-refractivity contribution >= 4 is 5.69 Å². The lowest BCUT2D eigenvalue weighted by Gasteiger charge is -2.07. The van der Waals surface area contributed by atoms with Gasteiger partial charge in [0.2, 0.25) is 0 Å². The van der Waals surface area contributed by atoms with Gasteiger partial charge in [0.15, 0.2) is 5.82 Å². The van der Waals surface area contributed by atoms with Crippen molar-refractivity contribution in [2.24, 2.45) is 0 Å². The first-order chi connectivity index (χ1) is 6.70. The number of rotatable bonds is 1. The molecule has 2 aromatic rings. The van der Waals surface area contributed by atoms with Crippen LogP contribution in [0.2, 0.25) is 0 Å². The van der Waals surface area contributed by atoms with Crippen LogP contribution in [0.5, 0.6) is 0 Å². The monoisotopic (exact) mass is 189 g/mol. The summed E-state index contributed by atoms with van der Waals surface area (Å²) in [6.45, 7) is 3.80. The Hall–Kier alpha value is -1.91. The van der Waals surface area contributed by atoms with E-state index in [1.54, 1.807) is 4.68 Å². The molecule has 0 atom stereocenters. The molecule has 14 heavy (non-hydrogen) atoms. The number of aromatic nitrogens is 4. The summed E-state index contributed by atoms with van der Waals surface area (Å²) < 4.78 is 1.67. The van der Waals surface area contributed by atoms with E-state index in [1.807, 2.05) is 32.0 Å². The van der Waals surface area contributed by atoms with Gasteiger partial charge in [-0.05, 0) is 42.0 Å². The number of aryl methyl sites for hydroxylation is 1. The van der Waals surface area contributed by atoms with E-state index in [1.165, 1.54) is 0 Å². The van der Waals surface area contributed by atoms with Gasteiger partial charge in [-0.2, -0.15) is 4.68 Å². The standard InChI is InChI=1S/C9H11N5/c1-6-8(10)4-3-5-9(6)14-7(2)11-12-13-14/h3-5H,10H2,1-2H3. The Morgan fingerprint density at radius 3 is 2.71 bits per heavy atom. The van der Waals surface area contributed by atoms with Crippen LogP contribution in [0.25, 0.3) is 5.69 Å². The van der Waals surface area contributed by atoms with E-state index < -0.39 is 0 Å². The highest BCUT2D eigenvalue weighted by molar-refractivity contribution is 5.56. The van der Waals surface area contributed by atoms with Gasteiger partial charge in [-0.25, -0.2) is 0 Å². The van der Waals surface area contributed by atoms with Crippen molar-refractivity contribution in [3.05, 3.63) is 29.6 Å². The highest BCUT2D eigenvalue weighted by Crippen LogP contribution is 2.18. The van der Waals surface area contributed by atoms with Gasteiger partial charge in [0.25, 0.3) is 0 Å². The number of hydrogen-bond donors (Lipinski definition) is 1. The number of anilines is 1. The molecule has 0 aliphatic rings. The van der Waals surface area contributed by atoms with Crippen LogP contribution in [0.15, 0.2) is 18.2 Å². The SMILES string of the molecule is Cc1c(N)cccc1-n1nnnc1C. The second-order valence-corrected chi connectivity index (χ2v) is 3.13. The van der Waals surface area contributed by atoms with E-state index in [-0.39, 0.29) is 0 Å². The maximum atomic E-state index is 5.79. The topological polar surface area (TPSA) is 69.6 Å². The van der Waals surface area contributed by atoms with Gasteiger partial charge in [-0.1, -0.05) is 6.07 Å². The number of nitrogen functional groups attached to an aromatic ring is 1. The molecule has 0 aliphatic heterocycles. The summed E-state index contributed by atoms with van der Waals surface area (Å²) in [5.41, 5.74) is 8.45. The normalized spacial score (nSPS) is 10.4. The first kappa shape index (κ1) is 8.68. The molecular formula is C9H11N5. The van der Waals surface area contributed by atoms with Crippen LogP contribution in [-0.4, -0.2) is 20.2 Å². The summed E-state index contributed by atoms with van der Waals surface area (Å²) >= 11 is 0. The molecule has 0 fully saturated rings. The van der Waals surface area contributed by atoms with Crippen molar-refractivity contribution in [3.63, 3.8) is 0 Å². The molecule has 0 saturated carbocycles. The lowest BCUT2D eigenvalue weighted by Crippen LogP contribution is -2.03. The molecule has 2 rings (SSSR count). The fourth-order valence-corrected chi connectivity index (χ4v) is 1.32. The van der Waals surface area contributed by atoms with Gasteiger partial charge < -0.3 is 5.73 Å². The number of nitrogens with zero attached hydrogens (tertiary/aromatic N) is 4. The molecule has 0 radical (unpaired) electrons. The van der Waals surface area contributed by atoms with Gasteiger partial charge in [0.05, 0.1) is 5.69 Å². The van der Waals surface area contributed by atoms with E-state index in [9.17, 15) is 0 Å². The van der Waals surface area contributed by atoms with Gasteiger partial charge in [-0.15, -0.1) is 5.10 Å². The molecule has 5 nitrogen and oxygen atoms in total. The molecule has 2 N–H and O–H groups in total. The zero-order valence-corrected chi connectivity index (χ0v) is 8.10. The summed E-state index contributed by atoms with van der Waals surface area (Å²) in [5.74, 6) is 0.749. The molecule has 1 heterocycles. The molecule has 5 heteroatoms. The largest absolute Gasteiger partial charge is 0.398 e. The fourth-order valence-electron chi connectivity index (χ4n) is 1.32. The number of hydrogen-bond acceptors (Lipinski definition) is 4. The Morgan fingerprint density at radius 2 is 2.07 bits per heavy atom. The van der Waals surface area contributed by atoms with Crippen LogP contribution in [0.1, 0.15) is 11.4 Å². The highest BCUT2D eigenvalue weighted by Gasteiger charge is 2.07. The van der Waals surface area contributed by atoms with Crippen molar-refractivity contribution in [3.8, 4) is 5.69 Å². The summed E-state index contributed by atoms with van der Waals surface area (Å²) in [5, 5.41) is 11.3. The second-order valence-electron chi connectivity index (χ2n) is 3.13. The van der Waals surface area contributed by atoms with E-state index >= 15 is 0 Å². The van der Waals surface area contributed by atoms with Crippen molar-refractivity contribution in [1.82, 2.24) is 20.2 Å². The van der Waals surface area contributed by atoms with Crippen molar-refractivity contribution in [2.45, 2.75) is 13.8 Å². The maximum Gasteiger partial charge on any atom is 0.153 e. The smallest absolute Gasteiger partial charge is 0.153 e. The van der Waals surface area contributed by atoms with Crippen LogP contribution >= 0.6 is 0 Å². The Morgan fingerprint density at radius 1 is 1.29 bits per heavy atom. The van der Waals surface area contributed by atoms with Gasteiger partial charge in [0.1, 0.15) is 0 Å². The minimum Gasteiger partial charge on any atom is -0.398 e. The predicted octanol–water partition coefficient (Wildman–Crippen LogP) is 0.861. The maximum absolute atomic E-state index is 5.79. The van der Waals surface area contributed by atoms with Crippen molar-refractivity contribution < 1.29 is 0 Å². The van der Waals surface area contributed by atoms with Crippen LogP contribution in [-0.2, 0) is 0 Å². The third-order valence-corrected chi connectivity index (χ3v) is 2.20. The Balaban J connectivity index is 2.63. The molecule has 72 valence electrons. The zero-order chi connectivity index (χ0) is 10.1. The number of benzene rings is 1. The molecule has 0 unspecified atom stereocenters. The molecular weight excluding hydrogens is 178 g/mol. The fraction of sp³-hybridized carbons (Fsp3) is 0.222. The molecule has 0 saturated heterocycles. The first-order valence-electron chi connectivity index (χ1n) is 4.30. The van der Waals surface area contributed by atoms with E-state index in [0.717, 1.165) is 22.8 Å². The van der Waals surface area contributed by atoms with Crippen LogP contribution in [0.4, 0.5) is 5.69 Å². The van der Waals surface area contributed by atoms with E-state index in [2.05, 4.69) is 15.5 Å². The Kier molecular flexibility index (Phi) is 1.92. The van der Waals surface area contributed by atoms with Gasteiger partial charge in [0, 0.05) is 5.69 Å². The van der Waals surface area contributed by atoms with Crippen LogP contribution in [0.3, 0.4) is 0 Å². The molecule has 1 aromatic heterocycles. The van der Waals surface area contributed by atoms with Crippen LogP contribution < -0.4 is 5.73 Å². The average Bonchev–Trinajstić information content (AvgIpc) is 2.57. The van der Waals surface area contributed by atoms with Crippen molar-refractivity contribution in [1.29, 1.82) is 0 Å². The highest BCUT2D eigenvalue weighted by atomic mass is 15.5. The van der Waals surface area contributed by atoms with Crippen molar-refractivity contribution in [2.75, 3.05) is 5.73 Å². The molecule has 0 spiro atoms. The average molecular weight is 189 g/mol. The Bertz CT molecular complexity index is 460. The molecule has 0 bridgehead atoms.